The first kappa shape index (κ1) is 23.2. The number of anilines is 2. The number of alkyl halides is 3. The lowest BCUT2D eigenvalue weighted by Crippen LogP contribution is -2.61. The van der Waals surface area contributed by atoms with E-state index in [1.807, 2.05) is 4.90 Å². The number of halogens is 3. The monoisotopic (exact) mass is 510 g/mol. The van der Waals surface area contributed by atoms with Gasteiger partial charge < -0.3 is 15.5 Å². The van der Waals surface area contributed by atoms with Crippen LogP contribution >= 0.6 is 0 Å². The van der Waals surface area contributed by atoms with Crippen LogP contribution in [0, 0.1) is 5.41 Å². The maximum Gasteiger partial charge on any atom is 0.263 e. The molecule has 4 heterocycles. The number of nitrogens with one attached hydrogen (secondary N) is 2. The SMILES string of the molecule is O=S(=O)(C1CC1)N1CCC(Nc2ncc3cc(C(F)F)cc(N4CC5(CNCC5F)C4)c3n2)CC1. The Hall–Kier alpha value is -2.18. The van der Waals surface area contributed by atoms with E-state index in [4.69, 9.17) is 0 Å². The lowest BCUT2D eigenvalue weighted by Gasteiger charge is -2.50. The highest BCUT2D eigenvalue weighted by Gasteiger charge is 2.52. The van der Waals surface area contributed by atoms with Gasteiger partial charge in [-0.25, -0.2) is 35.9 Å². The molecule has 0 bridgehead atoms. The normalized spacial score (nSPS) is 25.5. The Morgan fingerprint density at radius 1 is 1.14 bits per heavy atom. The molecule has 2 N–H and O–H groups in total. The second-order valence-electron chi connectivity index (χ2n) is 10.4. The molecule has 35 heavy (non-hydrogen) atoms. The van der Waals surface area contributed by atoms with Crippen LogP contribution in [0.3, 0.4) is 0 Å². The number of fused-ring (bicyclic) bond motifs is 1. The summed E-state index contributed by atoms with van der Waals surface area (Å²) in [5.41, 5.74) is 0.536. The third-order valence-corrected chi connectivity index (χ3v) is 10.2. The predicted octanol–water partition coefficient (Wildman–Crippen LogP) is 2.68. The number of benzene rings is 1. The van der Waals surface area contributed by atoms with E-state index in [0.717, 1.165) is 12.8 Å². The van der Waals surface area contributed by atoms with E-state index in [1.54, 1.807) is 4.31 Å². The van der Waals surface area contributed by atoms with Gasteiger partial charge in [0.15, 0.2) is 0 Å². The van der Waals surface area contributed by atoms with E-state index in [9.17, 15) is 21.6 Å². The minimum atomic E-state index is -3.17. The summed E-state index contributed by atoms with van der Waals surface area (Å²) in [5, 5.41) is 6.69. The highest BCUT2D eigenvalue weighted by atomic mass is 32.2. The Morgan fingerprint density at radius 2 is 1.89 bits per heavy atom. The van der Waals surface area contributed by atoms with Crippen molar-refractivity contribution in [2.75, 3.05) is 49.5 Å². The standard InChI is InChI=1S/C23H29F3N6O2S/c24-19-10-27-11-23(19)12-31(13-23)18-8-14(21(25)26)7-15-9-28-22(30-20(15)18)29-16-3-5-32(6-4-16)35(33,34)17-1-2-17/h7-9,16-17,19,21,27H,1-6,10-13H2,(H,28,29,30). The molecule has 2 aromatic rings. The van der Waals surface area contributed by atoms with Crippen LogP contribution in [-0.4, -0.2) is 79.4 Å². The van der Waals surface area contributed by atoms with E-state index >= 15 is 0 Å². The molecular weight excluding hydrogens is 481 g/mol. The van der Waals surface area contributed by atoms with Crippen LogP contribution in [0.1, 0.15) is 37.7 Å². The Bertz CT molecular complexity index is 1230. The van der Waals surface area contributed by atoms with Gasteiger partial charge in [0.2, 0.25) is 16.0 Å². The second kappa shape index (κ2) is 8.45. The van der Waals surface area contributed by atoms with Gasteiger partial charge in [-0.2, -0.15) is 0 Å². The van der Waals surface area contributed by atoms with Crippen molar-refractivity contribution in [1.29, 1.82) is 0 Å². The summed E-state index contributed by atoms with van der Waals surface area (Å²) >= 11 is 0. The number of hydrogen-bond acceptors (Lipinski definition) is 7. The Balaban J connectivity index is 1.21. The van der Waals surface area contributed by atoms with Crippen molar-refractivity contribution < 1.29 is 21.6 Å². The van der Waals surface area contributed by atoms with Crippen LogP contribution in [-0.2, 0) is 10.0 Å². The number of hydrogen-bond donors (Lipinski definition) is 2. The van der Waals surface area contributed by atoms with Crippen LogP contribution in [0.15, 0.2) is 18.3 Å². The predicted molar refractivity (Wildman–Crippen MR) is 127 cm³/mol. The van der Waals surface area contributed by atoms with Crippen LogP contribution in [0.5, 0.6) is 0 Å². The summed E-state index contributed by atoms with van der Waals surface area (Å²) in [5.74, 6) is 0.383. The lowest BCUT2D eigenvalue weighted by atomic mass is 9.77. The maximum absolute atomic E-state index is 14.4. The van der Waals surface area contributed by atoms with Crippen molar-refractivity contribution in [3.8, 4) is 0 Å². The zero-order valence-corrected chi connectivity index (χ0v) is 20.1. The van der Waals surface area contributed by atoms with Gasteiger partial charge >= 0.3 is 0 Å². The van der Waals surface area contributed by atoms with E-state index in [-0.39, 0.29) is 16.9 Å². The van der Waals surface area contributed by atoms with E-state index in [1.165, 1.54) is 18.3 Å². The highest BCUT2D eigenvalue weighted by Crippen LogP contribution is 2.43. The first-order valence-corrected chi connectivity index (χ1v) is 13.7. The molecule has 6 rings (SSSR count). The summed E-state index contributed by atoms with van der Waals surface area (Å²) in [6.07, 6.45) is 0.740. The quantitative estimate of drug-likeness (QED) is 0.618. The van der Waals surface area contributed by atoms with Gasteiger partial charge in [-0.15, -0.1) is 0 Å². The maximum atomic E-state index is 14.4. The number of rotatable bonds is 6. The van der Waals surface area contributed by atoms with Crippen molar-refractivity contribution in [1.82, 2.24) is 19.6 Å². The van der Waals surface area contributed by atoms with Gasteiger partial charge in [-0.3, -0.25) is 0 Å². The molecule has 0 amide bonds. The molecular formula is C23H29F3N6O2S. The number of piperidine rings is 1. The molecule has 1 aromatic carbocycles. The Kier molecular flexibility index (Phi) is 5.61. The van der Waals surface area contributed by atoms with Gasteiger partial charge in [-0.1, -0.05) is 0 Å². The molecule has 1 unspecified atom stereocenters. The summed E-state index contributed by atoms with van der Waals surface area (Å²) < 4.78 is 68.1. The van der Waals surface area contributed by atoms with Gasteiger partial charge in [0.1, 0.15) is 6.17 Å². The zero-order valence-electron chi connectivity index (χ0n) is 19.3. The van der Waals surface area contributed by atoms with Crippen LogP contribution in [0.2, 0.25) is 0 Å². The Morgan fingerprint density at radius 3 is 2.51 bits per heavy atom. The van der Waals surface area contributed by atoms with Crippen LogP contribution < -0.4 is 15.5 Å². The summed E-state index contributed by atoms with van der Waals surface area (Å²) in [4.78, 5) is 10.9. The third-order valence-electron chi connectivity index (χ3n) is 7.85. The third kappa shape index (κ3) is 4.13. The fourth-order valence-corrected chi connectivity index (χ4v) is 7.44. The first-order chi connectivity index (χ1) is 16.7. The van der Waals surface area contributed by atoms with Crippen molar-refractivity contribution in [2.45, 2.75) is 49.6 Å². The highest BCUT2D eigenvalue weighted by molar-refractivity contribution is 7.90. The molecule has 1 atom stereocenters. The topological polar surface area (TPSA) is 90.5 Å². The fourth-order valence-electron chi connectivity index (χ4n) is 5.57. The molecule has 4 aliphatic rings. The molecule has 190 valence electrons. The van der Waals surface area contributed by atoms with Crippen LogP contribution in [0.25, 0.3) is 10.9 Å². The summed E-state index contributed by atoms with van der Waals surface area (Å²) in [6, 6.07) is 2.87. The minimum Gasteiger partial charge on any atom is -0.368 e. The van der Waals surface area contributed by atoms with E-state index in [2.05, 4.69) is 20.6 Å². The van der Waals surface area contributed by atoms with Crippen LogP contribution in [0.4, 0.5) is 24.8 Å². The van der Waals surface area contributed by atoms with Gasteiger partial charge in [-0.05, 0) is 37.8 Å². The smallest absolute Gasteiger partial charge is 0.263 e. The molecule has 1 saturated carbocycles. The average molecular weight is 511 g/mol. The van der Waals surface area contributed by atoms with Gasteiger partial charge in [0.25, 0.3) is 6.43 Å². The zero-order chi connectivity index (χ0) is 24.4. The summed E-state index contributed by atoms with van der Waals surface area (Å²) in [6.45, 7) is 2.72. The number of nitrogens with zero attached hydrogens (tertiary/aromatic N) is 4. The number of sulfonamides is 1. The van der Waals surface area contributed by atoms with E-state index < -0.39 is 28.0 Å². The molecule has 1 spiro atoms. The molecule has 3 aliphatic heterocycles. The second-order valence-corrected chi connectivity index (χ2v) is 12.6. The van der Waals surface area contributed by atoms with Crippen molar-refractivity contribution in [3.63, 3.8) is 0 Å². The molecule has 1 aliphatic carbocycles. The lowest BCUT2D eigenvalue weighted by molar-refractivity contribution is 0.121. The Labute approximate surface area is 202 Å². The molecule has 0 radical (unpaired) electrons. The number of aromatic nitrogens is 2. The molecule has 8 nitrogen and oxygen atoms in total. The van der Waals surface area contributed by atoms with Crippen molar-refractivity contribution in [3.05, 3.63) is 23.9 Å². The minimum absolute atomic E-state index is 0.0195. The first-order valence-electron chi connectivity index (χ1n) is 12.2. The molecule has 12 heteroatoms. The molecule has 4 fully saturated rings. The largest absolute Gasteiger partial charge is 0.368 e. The molecule has 3 saturated heterocycles. The van der Waals surface area contributed by atoms with Gasteiger partial charge in [0.05, 0.1) is 21.9 Å². The average Bonchev–Trinajstić information content (AvgIpc) is 3.61. The summed E-state index contributed by atoms with van der Waals surface area (Å²) in [7, 11) is -3.17. The van der Waals surface area contributed by atoms with Gasteiger partial charge in [0, 0.05) is 62.5 Å². The van der Waals surface area contributed by atoms with Crippen molar-refractivity contribution in [2.24, 2.45) is 5.41 Å². The van der Waals surface area contributed by atoms with E-state index in [0.29, 0.717) is 74.6 Å². The molecule has 1 aromatic heterocycles. The van der Waals surface area contributed by atoms with Crippen molar-refractivity contribution >= 4 is 32.6 Å². The fraction of sp³-hybridized carbons (Fsp3) is 0.652.